The lowest BCUT2D eigenvalue weighted by molar-refractivity contribution is 0.111. The number of aldehydes is 2. The molecule has 0 bridgehead atoms. The number of methoxy groups -OCH3 is 2. The summed E-state index contributed by atoms with van der Waals surface area (Å²) >= 11 is 1.43. The first-order valence-electron chi connectivity index (χ1n) is 18.8. The van der Waals surface area contributed by atoms with Gasteiger partial charge in [0, 0.05) is 0 Å². The van der Waals surface area contributed by atoms with Crippen molar-refractivity contribution in [1.29, 1.82) is 0 Å². The van der Waals surface area contributed by atoms with E-state index in [1.54, 1.807) is 87.0 Å². The van der Waals surface area contributed by atoms with Crippen molar-refractivity contribution in [3.63, 3.8) is 0 Å². The van der Waals surface area contributed by atoms with E-state index < -0.39 is 17.2 Å². The predicted octanol–water partition coefficient (Wildman–Crippen LogP) is 13.3. The van der Waals surface area contributed by atoms with Crippen molar-refractivity contribution >= 4 is 63.1 Å². The Morgan fingerprint density at radius 1 is 0.361 bits per heavy atom. The summed E-state index contributed by atoms with van der Waals surface area (Å²) in [6.07, 6.45) is 1.40. The minimum Gasteiger partial charge on any atom is -0.493 e. The van der Waals surface area contributed by atoms with Gasteiger partial charge in [0.05, 0.1) is 35.1 Å². The summed E-state index contributed by atoms with van der Waals surface area (Å²) in [7, 11) is -1.39. The summed E-state index contributed by atoms with van der Waals surface area (Å²) in [4.78, 5) is 25.6. The fourth-order valence-electron chi connectivity index (χ4n) is 6.21. The number of carbonyl (C=O) groups is 2. The lowest BCUT2D eigenvalue weighted by atomic mass is 10.1. The standard InChI is InChI=1S/C48H36O10P2S/c1-51-41-23-11-13-25-43(41)55-60(56-44-26-14-12-24-42(44)52-2)58-46-30-28-34-16-4-8-20-38(34)48(46)61-47-37-19-7-3-15-33(37)27-29-45(47)57-59(53-39-21-9-5-17-35(39)31-49)54-40-22-10-6-18-36(40)32-50/h3-32H,1-2H3. The quantitative estimate of drug-likeness (QED) is 0.0607. The van der Waals surface area contributed by atoms with Crippen LogP contribution in [0.5, 0.6) is 46.0 Å². The Bertz CT molecular complexity index is 2720. The maximum Gasteiger partial charge on any atom is 0.530 e. The molecule has 0 saturated heterocycles. The van der Waals surface area contributed by atoms with Crippen LogP contribution in [0, 0.1) is 0 Å². The third kappa shape index (κ3) is 9.51. The highest BCUT2D eigenvalue weighted by molar-refractivity contribution is 8.00. The summed E-state index contributed by atoms with van der Waals surface area (Å²) in [5, 5.41) is 3.68. The molecule has 0 radical (unpaired) electrons. The highest BCUT2D eigenvalue weighted by atomic mass is 32.2. The molecule has 8 aromatic rings. The van der Waals surface area contributed by atoms with Gasteiger partial charge in [-0.3, -0.25) is 9.59 Å². The summed E-state index contributed by atoms with van der Waals surface area (Å²) in [5.74, 6) is 3.24. The van der Waals surface area contributed by atoms with E-state index in [0.717, 1.165) is 26.4 Å². The van der Waals surface area contributed by atoms with Gasteiger partial charge in [0.1, 0.15) is 23.0 Å². The van der Waals surface area contributed by atoms with E-state index >= 15 is 0 Å². The minimum absolute atomic E-state index is 0.255. The van der Waals surface area contributed by atoms with Crippen molar-refractivity contribution < 1.29 is 46.2 Å². The third-order valence-electron chi connectivity index (χ3n) is 9.16. The molecular formula is C48H36O10P2S. The monoisotopic (exact) mass is 866 g/mol. The molecule has 0 fully saturated rings. The molecule has 8 aromatic carbocycles. The summed E-state index contributed by atoms with van der Waals surface area (Å²) in [6.45, 7) is 0. The zero-order chi connectivity index (χ0) is 42.0. The zero-order valence-corrected chi connectivity index (χ0v) is 35.3. The van der Waals surface area contributed by atoms with Gasteiger partial charge < -0.3 is 36.6 Å². The van der Waals surface area contributed by atoms with Crippen LogP contribution in [0.3, 0.4) is 0 Å². The van der Waals surface area contributed by atoms with Gasteiger partial charge in [-0.05, 0) is 82.2 Å². The smallest absolute Gasteiger partial charge is 0.493 e. The zero-order valence-electron chi connectivity index (χ0n) is 32.7. The van der Waals surface area contributed by atoms with Gasteiger partial charge in [-0.2, -0.15) is 0 Å². The van der Waals surface area contributed by atoms with Gasteiger partial charge in [-0.1, -0.05) is 121 Å². The molecule has 0 heterocycles. The number of carbonyl (C=O) groups excluding carboxylic acids is 2. The maximum atomic E-state index is 12.1. The van der Waals surface area contributed by atoms with Gasteiger partial charge in [0.15, 0.2) is 35.6 Å². The first-order valence-corrected chi connectivity index (χ1v) is 21.8. The first kappa shape index (κ1) is 41.0. The summed E-state index contributed by atoms with van der Waals surface area (Å²) in [5.41, 5.74) is 0.609. The van der Waals surface area contributed by atoms with E-state index in [2.05, 4.69) is 0 Å². The second-order valence-corrected chi connectivity index (χ2v) is 15.9. The summed E-state index contributed by atoms with van der Waals surface area (Å²) in [6, 6.07) is 51.7. The molecule has 0 aliphatic carbocycles. The Morgan fingerprint density at radius 2 is 0.689 bits per heavy atom. The van der Waals surface area contributed by atoms with Crippen LogP contribution in [0.2, 0.25) is 0 Å². The largest absolute Gasteiger partial charge is 0.530 e. The second kappa shape index (κ2) is 19.5. The van der Waals surface area contributed by atoms with Crippen molar-refractivity contribution in [2.45, 2.75) is 9.79 Å². The maximum absolute atomic E-state index is 12.1. The molecule has 0 spiro atoms. The fourth-order valence-corrected chi connectivity index (χ4v) is 9.67. The van der Waals surface area contributed by atoms with Gasteiger partial charge >= 0.3 is 17.2 Å². The molecule has 0 amide bonds. The Hall–Kier alpha value is -6.77. The molecule has 0 atom stereocenters. The van der Waals surface area contributed by atoms with Crippen molar-refractivity contribution in [3.8, 4) is 46.0 Å². The number of ether oxygens (including phenoxy) is 2. The molecule has 10 nitrogen and oxygen atoms in total. The highest BCUT2D eigenvalue weighted by Gasteiger charge is 2.29. The Kier molecular flexibility index (Phi) is 13.1. The van der Waals surface area contributed by atoms with Crippen LogP contribution in [0.25, 0.3) is 21.5 Å². The normalized spacial score (nSPS) is 11.0. The Balaban J connectivity index is 1.23. The third-order valence-corrected chi connectivity index (χ3v) is 12.5. The van der Waals surface area contributed by atoms with E-state index in [1.165, 1.54) is 11.8 Å². The first-order chi connectivity index (χ1) is 30.0. The molecule has 0 N–H and O–H groups in total. The molecular weight excluding hydrogens is 831 g/mol. The molecule has 13 heteroatoms. The highest BCUT2D eigenvalue weighted by Crippen LogP contribution is 2.54. The van der Waals surface area contributed by atoms with Gasteiger partial charge in [-0.25, -0.2) is 0 Å². The van der Waals surface area contributed by atoms with E-state index in [4.69, 9.17) is 36.6 Å². The van der Waals surface area contributed by atoms with Crippen LogP contribution in [0.1, 0.15) is 20.7 Å². The van der Waals surface area contributed by atoms with Crippen LogP contribution in [0.4, 0.5) is 0 Å². The molecule has 304 valence electrons. The van der Waals surface area contributed by atoms with Crippen molar-refractivity contribution in [1.82, 2.24) is 0 Å². The van der Waals surface area contributed by atoms with E-state index in [1.807, 2.05) is 97.1 Å². The number of rotatable bonds is 18. The number of fused-ring (bicyclic) bond motifs is 2. The molecule has 0 aromatic heterocycles. The molecule has 8 rings (SSSR count). The number of para-hydroxylation sites is 6. The van der Waals surface area contributed by atoms with Crippen LogP contribution >= 0.6 is 29.0 Å². The van der Waals surface area contributed by atoms with Crippen LogP contribution in [-0.4, -0.2) is 26.8 Å². The Labute approximate surface area is 358 Å². The van der Waals surface area contributed by atoms with Crippen molar-refractivity contribution in [2.24, 2.45) is 0 Å². The summed E-state index contributed by atoms with van der Waals surface area (Å²) < 4.78 is 50.4. The van der Waals surface area contributed by atoms with E-state index in [9.17, 15) is 9.59 Å². The van der Waals surface area contributed by atoms with Gasteiger partial charge in [0.25, 0.3) is 0 Å². The predicted molar refractivity (Wildman–Crippen MR) is 239 cm³/mol. The lowest BCUT2D eigenvalue weighted by Crippen LogP contribution is -2.06. The van der Waals surface area contributed by atoms with E-state index in [0.29, 0.717) is 63.1 Å². The Morgan fingerprint density at radius 3 is 1.10 bits per heavy atom. The van der Waals surface area contributed by atoms with Crippen molar-refractivity contribution in [3.05, 3.63) is 181 Å². The number of hydrogen-bond donors (Lipinski definition) is 0. The van der Waals surface area contributed by atoms with Gasteiger partial charge in [0.2, 0.25) is 0 Å². The number of benzene rings is 8. The molecule has 0 aliphatic rings. The fraction of sp³-hybridized carbons (Fsp3) is 0.0417. The minimum atomic E-state index is -2.33. The van der Waals surface area contributed by atoms with Crippen molar-refractivity contribution in [2.75, 3.05) is 14.2 Å². The van der Waals surface area contributed by atoms with Crippen LogP contribution < -0.4 is 36.6 Å². The average Bonchev–Trinajstić information content (AvgIpc) is 3.31. The number of hydrogen-bond acceptors (Lipinski definition) is 11. The SMILES string of the molecule is COc1ccccc1OP(Oc1ccccc1OC)Oc1ccc2ccccc2c1Sc1c(OP(Oc2ccccc2C=O)Oc2ccccc2C=O)ccc2ccccc12. The van der Waals surface area contributed by atoms with Crippen LogP contribution in [0.15, 0.2) is 180 Å². The molecule has 61 heavy (non-hydrogen) atoms. The second-order valence-electron chi connectivity index (χ2n) is 12.9. The lowest BCUT2D eigenvalue weighted by Gasteiger charge is -2.23. The van der Waals surface area contributed by atoms with Gasteiger partial charge in [-0.15, -0.1) is 0 Å². The topological polar surface area (TPSA) is 108 Å². The molecule has 0 unspecified atom stereocenters. The average molecular weight is 867 g/mol. The van der Waals surface area contributed by atoms with Crippen LogP contribution in [-0.2, 0) is 0 Å². The van der Waals surface area contributed by atoms with E-state index in [-0.39, 0.29) is 11.5 Å². The molecule has 0 saturated carbocycles. The molecule has 0 aliphatic heterocycles.